The first-order valence-corrected chi connectivity index (χ1v) is 6.52. The predicted molar refractivity (Wildman–Crippen MR) is 68.1 cm³/mol. The summed E-state index contributed by atoms with van der Waals surface area (Å²) >= 11 is 0. The van der Waals surface area contributed by atoms with Crippen LogP contribution in [0.2, 0.25) is 0 Å². The molecule has 102 valence electrons. The number of nitrogens with one attached hydrogen (secondary N) is 1. The Balaban J connectivity index is 1.58. The molecule has 2 aliphatic rings. The van der Waals surface area contributed by atoms with E-state index in [9.17, 15) is 4.79 Å². The SMILES string of the molecule is O=C(CCc1cccc2c1OCO2)NC1(CO)CC1. The van der Waals surface area contributed by atoms with E-state index in [1.165, 1.54) is 0 Å². The average molecular weight is 263 g/mol. The van der Waals surface area contributed by atoms with Gasteiger partial charge in [-0.25, -0.2) is 0 Å². The number of carbonyl (C=O) groups is 1. The van der Waals surface area contributed by atoms with Crippen LogP contribution in [0.5, 0.6) is 11.5 Å². The number of carbonyl (C=O) groups excluding carboxylic acids is 1. The minimum Gasteiger partial charge on any atom is -0.454 e. The second-order valence-corrected chi connectivity index (χ2v) is 5.14. The van der Waals surface area contributed by atoms with Gasteiger partial charge in [0.2, 0.25) is 12.7 Å². The van der Waals surface area contributed by atoms with Gasteiger partial charge < -0.3 is 19.9 Å². The van der Waals surface area contributed by atoms with Crippen molar-refractivity contribution in [1.29, 1.82) is 0 Å². The number of hydrogen-bond acceptors (Lipinski definition) is 4. The van der Waals surface area contributed by atoms with Crippen LogP contribution in [0, 0.1) is 0 Å². The summed E-state index contributed by atoms with van der Waals surface area (Å²) in [5.74, 6) is 1.47. The Bertz CT molecular complexity index is 496. The third-order valence-electron chi connectivity index (χ3n) is 3.66. The van der Waals surface area contributed by atoms with Crippen molar-refractivity contribution in [3.8, 4) is 11.5 Å². The molecule has 1 amide bonds. The van der Waals surface area contributed by atoms with E-state index in [-0.39, 0.29) is 24.8 Å². The van der Waals surface area contributed by atoms with E-state index < -0.39 is 0 Å². The molecule has 0 unspecified atom stereocenters. The van der Waals surface area contributed by atoms with Crippen LogP contribution in [0.25, 0.3) is 0 Å². The highest BCUT2D eigenvalue weighted by atomic mass is 16.7. The summed E-state index contributed by atoms with van der Waals surface area (Å²) < 4.78 is 10.7. The molecule has 0 spiro atoms. The molecule has 0 aromatic heterocycles. The molecule has 5 nitrogen and oxygen atoms in total. The normalized spacial score (nSPS) is 18.2. The standard InChI is InChI=1S/C14H17NO4/c16-8-14(6-7-14)15-12(17)5-4-10-2-1-3-11-13(10)19-9-18-11/h1-3,16H,4-9H2,(H,15,17). The van der Waals surface area contributed by atoms with E-state index in [0.29, 0.717) is 12.8 Å². The van der Waals surface area contributed by atoms with Crippen molar-refractivity contribution in [3.63, 3.8) is 0 Å². The van der Waals surface area contributed by atoms with Crippen LogP contribution in [0.4, 0.5) is 0 Å². The van der Waals surface area contributed by atoms with E-state index >= 15 is 0 Å². The predicted octanol–water partition coefficient (Wildman–Crippen LogP) is 0.989. The zero-order valence-corrected chi connectivity index (χ0v) is 10.6. The van der Waals surface area contributed by atoms with Gasteiger partial charge in [0.25, 0.3) is 0 Å². The second kappa shape index (κ2) is 4.74. The molecule has 5 heteroatoms. The van der Waals surface area contributed by atoms with Gasteiger partial charge in [-0.15, -0.1) is 0 Å². The van der Waals surface area contributed by atoms with Crippen LogP contribution in [-0.2, 0) is 11.2 Å². The topological polar surface area (TPSA) is 67.8 Å². The lowest BCUT2D eigenvalue weighted by Gasteiger charge is -2.14. The number of fused-ring (bicyclic) bond motifs is 1. The van der Waals surface area contributed by atoms with Crippen LogP contribution in [-0.4, -0.2) is 30.0 Å². The molecule has 19 heavy (non-hydrogen) atoms. The molecule has 1 aliphatic heterocycles. The molecule has 2 N–H and O–H groups in total. The average Bonchev–Trinajstić information content (AvgIpc) is 3.01. The van der Waals surface area contributed by atoms with Crippen LogP contribution in [0.3, 0.4) is 0 Å². The largest absolute Gasteiger partial charge is 0.454 e. The molecule has 3 rings (SSSR count). The van der Waals surface area contributed by atoms with E-state index in [1.807, 2.05) is 18.2 Å². The number of aryl methyl sites for hydroxylation is 1. The van der Waals surface area contributed by atoms with Gasteiger partial charge in [0, 0.05) is 6.42 Å². The molecule has 1 saturated carbocycles. The van der Waals surface area contributed by atoms with Gasteiger partial charge in [0.15, 0.2) is 11.5 Å². The Kier molecular flexibility index (Phi) is 3.06. The summed E-state index contributed by atoms with van der Waals surface area (Å²) in [5.41, 5.74) is 0.647. The second-order valence-electron chi connectivity index (χ2n) is 5.14. The fourth-order valence-corrected chi connectivity index (χ4v) is 2.27. The van der Waals surface area contributed by atoms with E-state index in [2.05, 4.69) is 5.32 Å². The Morgan fingerprint density at radius 3 is 2.95 bits per heavy atom. The Labute approximate surface area is 111 Å². The molecular formula is C14H17NO4. The van der Waals surface area contributed by atoms with Gasteiger partial charge in [-0.2, -0.15) is 0 Å². The van der Waals surface area contributed by atoms with Gasteiger partial charge in [-0.05, 0) is 30.9 Å². The molecule has 1 fully saturated rings. The number of hydrogen-bond donors (Lipinski definition) is 2. The third kappa shape index (κ3) is 2.51. The van der Waals surface area contributed by atoms with Gasteiger partial charge in [-0.3, -0.25) is 4.79 Å². The maximum atomic E-state index is 11.8. The number of rotatable bonds is 5. The Morgan fingerprint density at radius 1 is 1.37 bits per heavy atom. The number of benzene rings is 1. The van der Waals surface area contributed by atoms with Gasteiger partial charge in [-0.1, -0.05) is 12.1 Å². The van der Waals surface area contributed by atoms with Crippen LogP contribution >= 0.6 is 0 Å². The first-order valence-electron chi connectivity index (χ1n) is 6.52. The van der Waals surface area contributed by atoms with Gasteiger partial charge in [0.05, 0.1) is 12.1 Å². The maximum Gasteiger partial charge on any atom is 0.231 e. The van der Waals surface area contributed by atoms with Gasteiger partial charge in [0.1, 0.15) is 0 Å². The summed E-state index contributed by atoms with van der Waals surface area (Å²) in [6.07, 6.45) is 2.74. The van der Waals surface area contributed by atoms with Crippen molar-refractivity contribution in [1.82, 2.24) is 5.32 Å². The number of ether oxygens (including phenoxy) is 2. The molecule has 1 heterocycles. The highest BCUT2D eigenvalue weighted by molar-refractivity contribution is 5.77. The van der Waals surface area contributed by atoms with E-state index in [4.69, 9.17) is 14.6 Å². The van der Waals surface area contributed by atoms with E-state index in [1.54, 1.807) is 0 Å². The fourth-order valence-electron chi connectivity index (χ4n) is 2.27. The highest BCUT2D eigenvalue weighted by Gasteiger charge is 2.43. The lowest BCUT2D eigenvalue weighted by Crippen LogP contribution is -2.39. The number of amides is 1. The van der Waals surface area contributed by atoms with Gasteiger partial charge >= 0.3 is 0 Å². The van der Waals surface area contributed by atoms with Crippen molar-refractivity contribution >= 4 is 5.91 Å². The molecule has 1 aromatic carbocycles. The van der Waals surface area contributed by atoms with E-state index in [0.717, 1.165) is 29.9 Å². The zero-order valence-electron chi connectivity index (χ0n) is 10.6. The molecular weight excluding hydrogens is 246 g/mol. The van der Waals surface area contributed by atoms with Crippen molar-refractivity contribution in [3.05, 3.63) is 23.8 Å². The van der Waals surface area contributed by atoms with Crippen molar-refractivity contribution in [2.45, 2.75) is 31.2 Å². The minimum atomic E-state index is -0.338. The Hall–Kier alpha value is -1.75. The minimum absolute atomic E-state index is 0.0242. The first-order chi connectivity index (χ1) is 9.22. The monoisotopic (exact) mass is 263 g/mol. The molecule has 1 aliphatic carbocycles. The fraction of sp³-hybridized carbons (Fsp3) is 0.500. The number of aliphatic hydroxyl groups is 1. The molecule has 0 atom stereocenters. The Morgan fingerprint density at radius 2 is 2.21 bits per heavy atom. The van der Waals surface area contributed by atoms with Crippen LogP contribution in [0.15, 0.2) is 18.2 Å². The summed E-state index contributed by atoms with van der Waals surface area (Å²) in [4.78, 5) is 11.8. The smallest absolute Gasteiger partial charge is 0.231 e. The van der Waals surface area contributed by atoms with Crippen molar-refractivity contribution in [2.75, 3.05) is 13.4 Å². The molecule has 0 bridgehead atoms. The number of aliphatic hydroxyl groups excluding tert-OH is 1. The number of para-hydroxylation sites is 1. The summed E-state index contributed by atoms with van der Waals surface area (Å²) in [5, 5.41) is 12.1. The van der Waals surface area contributed by atoms with Crippen LogP contribution in [0.1, 0.15) is 24.8 Å². The molecule has 0 saturated heterocycles. The maximum absolute atomic E-state index is 11.8. The third-order valence-corrected chi connectivity index (χ3v) is 3.66. The first kappa shape index (κ1) is 12.3. The lowest BCUT2D eigenvalue weighted by molar-refractivity contribution is -0.122. The van der Waals surface area contributed by atoms with Crippen molar-refractivity contribution < 1.29 is 19.4 Å². The summed E-state index contributed by atoms with van der Waals surface area (Å²) in [6.45, 7) is 0.266. The summed E-state index contributed by atoms with van der Waals surface area (Å²) in [6, 6.07) is 5.70. The quantitative estimate of drug-likeness (QED) is 0.831. The highest BCUT2D eigenvalue weighted by Crippen LogP contribution is 2.36. The molecule has 1 aromatic rings. The van der Waals surface area contributed by atoms with Crippen molar-refractivity contribution in [2.24, 2.45) is 0 Å². The summed E-state index contributed by atoms with van der Waals surface area (Å²) in [7, 11) is 0. The zero-order chi connectivity index (χ0) is 13.3. The lowest BCUT2D eigenvalue weighted by atomic mass is 10.1. The molecule has 0 radical (unpaired) electrons. The van der Waals surface area contributed by atoms with Crippen LogP contribution < -0.4 is 14.8 Å².